The fourth-order valence-corrected chi connectivity index (χ4v) is 4.31. The van der Waals surface area contributed by atoms with Gasteiger partial charge in [0.15, 0.2) is 5.11 Å². The quantitative estimate of drug-likeness (QED) is 0.866. The van der Waals surface area contributed by atoms with Gasteiger partial charge in [-0.15, -0.1) is 0 Å². The van der Waals surface area contributed by atoms with Crippen LogP contribution in [0.25, 0.3) is 10.9 Å². The summed E-state index contributed by atoms with van der Waals surface area (Å²) in [5, 5.41) is 1.92. The average Bonchev–Trinajstić information content (AvgIpc) is 3.00. The highest BCUT2D eigenvalue weighted by molar-refractivity contribution is 7.80. The number of aromatic nitrogens is 1. The zero-order valence-corrected chi connectivity index (χ0v) is 13.6. The largest absolute Gasteiger partial charge is 0.356 e. The van der Waals surface area contributed by atoms with Gasteiger partial charge in [0.05, 0.1) is 6.04 Å². The minimum absolute atomic E-state index is 0.111. The van der Waals surface area contributed by atoms with E-state index in [2.05, 4.69) is 41.9 Å². The van der Waals surface area contributed by atoms with Crippen molar-refractivity contribution in [1.29, 1.82) is 0 Å². The second-order valence-electron chi connectivity index (χ2n) is 6.14. The number of fused-ring (bicyclic) bond motifs is 4. The lowest BCUT2D eigenvalue weighted by Gasteiger charge is -2.35. The van der Waals surface area contributed by atoms with Crippen molar-refractivity contribution in [2.75, 3.05) is 6.54 Å². The summed E-state index contributed by atoms with van der Waals surface area (Å²) >= 11 is 5.58. The highest BCUT2D eigenvalue weighted by Crippen LogP contribution is 2.40. The maximum Gasteiger partial charge on any atom is 0.251 e. The van der Waals surface area contributed by atoms with Gasteiger partial charge in [0.25, 0.3) is 5.91 Å². The molecule has 1 fully saturated rings. The van der Waals surface area contributed by atoms with E-state index in [1.165, 1.54) is 16.6 Å². The number of hydrogen-bond acceptors (Lipinski definition) is 2. The van der Waals surface area contributed by atoms with E-state index in [0.29, 0.717) is 11.7 Å². The van der Waals surface area contributed by atoms with Gasteiger partial charge in [-0.1, -0.05) is 25.1 Å². The van der Waals surface area contributed by atoms with Gasteiger partial charge >= 0.3 is 0 Å². The van der Waals surface area contributed by atoms with E-state index in [9.17, 15) is 4.79 Å². The molecule has 1 amide bonds. The summed E-state index contributed by atoms with van der Waals surface area (Å²) < 4.78 is 0. The third kappa shape index (κ3) is 1.69. The van der Waals surface area contributed by atoms with Crippen LogP contribution in [0.4, 0.5) is 0 Å². The first kappa shape index (κ1) is 13.8. The van der Waals surface area contributed by atoms with Gasteiger partial charge < -0.3 is 9.88 Å². The first-order chi connectivity index (χ1) is 10.6. The minimum Gasteiger partial charge on any atom is -0.356 e. The number of amides is 1. The van der Waals surface area contributed by atoms with Gasteiger partial charge in [0, 0.05) is 29.6 Å². The fraction of sp³-hybridized carbons (Fsp3) is 0.412. The van der Waals surface area contributed by atoms with Crippen LogP contribution in [0.15, 0.2) is 24.3 Å². The third-order valence-electron chi connectivity index (χ3n) is 4.87. The lowest BCUT2D eigenvalue weighted by molar-refractivity contribution is -0.128. The molecule has 0 saturated carbocycles. The Balaban J connectivity index is 1.82. The molecule has 3 heterocycles. The van der Waals surface area contributed by atoms with Crippen molar-refractivity contribution < 1.29 is 4.79 Å². The summed E-state index contributed by atoms with van der Waals surface area (Å²) in [6.07, 6.45) is 1.66. The summed E-state index contributed by atoms with van der Waals surface area (Å²) in [6.45, 7) is 4.92. The Labute approximate surface area is 135 Å². The van der Waals surface area contributed by atoms with E-state index in [0.717, 1.165) is 18.4 Å². The monoisotopic (exact) mass is 313 g/mol. The zero-order chi connectivity index (χ0) is 15.4. The van der Waals surface area contributed by atoms with E-state index in [-0.39, 0.29) is 18.0 Å². The molecule has 0 aliphatic carbocycles. The summed E-state index contributed by atoms with van der Waals surface area (Å²) in [6, 6.07) is 8.29. The van der Waals surface area contributed by atoms with Gasteiger partial charge in [-0.2, -0.15) is 0 Å². The normalized spacial score (nSPS) is 24.1. The molecule has 2 aliphatic heterocycles. The molecule has 5 heteroatoms. The Morgan fingerprint density at radius 1 is 1.36 bits per heavy atom. The van der Waals surface area contributed by atoms with Crippen molar-refractivity contribution in [3.05, 3.63) is 35.5 Å². The fourth-order valence-electron chi connectivity index (χ4n) is 3.85. The molecule has 4 nitrogen and oxygen atoms in total. The molecule has 1 aromatic carbocycles. The summed E-state index contributed by atoms with van der Waals surface area (Å²) in [7, 11) is 0. The van der Waals surface area contributed by atoms with Gasteiger partial charge in [-0.3, -0.25) is 9.69 Å². The maximum atomic E-state index is 12.7. The number of benzene rings is 1. The van der Waals surface area contributed by atoms with Gasteiger partial charge in [0.2, 0.25) is 0 Å². The van der Waals surface area contributed by atoms with E-state index in [1.807, 2.05) is 6.07 Å². The molecular formula is C17H19N3OS. The molecule has 2 atom stereocenters. The number of aromatic amines is 1. The molecule has 1 N–H and O–H groups in total. The maximum absolute atomic E-state index is 12.7. The Morgan fingerprint density at radius 3 is 2.91 bits per heavy atom. The standard InChI is InChI=1S/C17H19N3OS/c1-3-8-19-16(21)14-9-12-11-6-4-5-7-13(11)18-15(12)10(2)20(14)17(19)22/h4-7,10,14,18H,3,8-9H2,1-2H3/t10-,14+/m1/s1. The van der Waals surface area contributed by atoms with Crippen molar-refractivity contribution in [2.24, 2.45) is 0 Å². The molecule has 114 valence electrons. The van der Waals surface area contributed by atoms with Crippen LogP contribution in [0, 0.1) is 0 Å². The van der Waals surface area contributed by atoms with Crippen LogP contribution in [0.3, 0.4) is 0 Å². The third-order valence-corrected chi connectivity index (χ3v) is 5.30. The van der Waals surface area contributed by atoms with Crippen molar-refractivity contribution in [1.82, 2.24) is 14.8 Å². The highest BCUT2D eigenvalue weighted by Gasteiger charge is 2.48. The first-order valence-corrected chi connectivity index (χ1v) is 8.27. The molecule has 22 heavy (non-hydrogen) atoms. The molecular weight excluding hydrogens is 294 g/mol. The molecule has 0 bridgehead atoms. The van der Waals surface area contributed by atoms with Crippen LogP contribution >= 0.6 is 12.2 Å². The predicted molar refractivity (Wildman–Crippen MR) is 90.6 cm³/mol. The lowest BCUT2D eigenvalue weighted by Crippen LogP contribution is -2.42. The average molecular weight is 313 g/mol. The SMILES string of the molecule is CCCN1C(=O)[C@@H]2Cc3c([nH]c4ccccc34)[C@@H](C)N2C1=S. The Hall–Kier alpha value is -1.88. The number of thiocarbonyl (C=S) groups is 1. The summed E-state index contributed by atoms with van der Waals surface area (Å²) in [4.78, 5) is 20.2. The van der Waals surface area contributed by atoms with Crippen LogP contribution in [-0.4, -0.2) is 38.4 Å². The second-order valence-corrected chi connectivity index (χ2v) is 6.50. The van der Waals surface area contributed by atoms with Crippen LogP contribution in [-0.2, 0) is 11.2 Å². The summed E-state index contributed by atoms with van der Waals surface area (Å²) in [5.74, 6) is 0.162. The highest BCUT2D eigenvalue weighted by atomic mass is 32.1. The molecule has 1 saturated heterocycles. The van der Waals surface area contributed by atoms with Crippen LogP contribution < -0.4 is 0 Å². The van der Waals surface area contributed by atoms with E-state index >= 15 is 0 Å². The van der Waals surface area contributed by atoms with Crippen LogP contribution in [0.2, 0.25) is 0 Å². The van der Waals surface area contributed by atoms with E-state index in [1.54, 1.807) is 4.90 Å². The van der Waals surface area contributed by atoms with Gasteiger partial charge in [-0.05, 0) is 37.2 Å². The molecule has 2 aliphatic rings. The topological polar surface area (TPSA) is 39.3 Å². The Morgan fingerprint density at radius 2 is 2.14 bits per heavy atom. The van der Waals surface area contributed by atoms with Crippen molar-refractivity contribution in [3.8, 4) is 0 Å². The Bertz CT molecular complexity index is 781. The van der Waals surface area contributed by atoms with Crippen LogP contribution in [0.1, 0.15) is 37.6 Å². The van der Waals surface area contributed by atoms with Crippen molar-refractivity contribution in [3.63, 3.8) is 0 Å². The number of para-hydroxylation sites is 1. The number of carbonyl (C=O) groups excluding carboxylic acids is 1. The molecule has 1 aromatic heterocycles. The molecule has 2 aromatic rings. The number of nitrogens with one attached hydrogen (secondary N) is 1. The molecule has 0 radical (unpaired) electrons. The second kappa shape index (κ2) is 4.81. The van der Waals surface area contributed by atoms with Crippen molar-refractivity contribution in [2.45, 2.75) is 38.8 Å². The number of H-pyrrole nitrogens is 1. The van der Waals surface area contributed by atoms with E-state index < -0.39 is 0 Å². The number of nitrogens with zero attached hydrogens (tertiary/aromatic N) is 2. The minimum atomic E-state index is -0.138. The number of carbonyl (C=O) groups is 1. The summed E-state index contributed by atoms with van der Waals surface area (Å²) in [5.41, 5.74) is 3.62. The van der Waals surface area contributed by atoms with E-state index in [4.69, 9.17) is 12.2 Å². The van der Waals surface area contributed by atoms with Gasteiger partial charge in [-0.25, -0.2) is 0 Å². The first-order valence-electron chi connectivity index (χ1n) is 7.86. The number of rotatable bonds is 2. The smallest absolute Gasteiger partial charge is 0.251 e. The number of hydrogen-bond donors (Lipinski definition) is 1. The van der Waals surface area contributed by atoms with Crippen molar-refractivity contribution >= 4 is 34.1 Å². The molecule has 0 spiro atoms. The predicted octanol–water partition coefficient (Wildman–Crippen LogP) is 2.99. The Kier molecular flexibility index (Phi) is 3.01. The lowest BCUT2D eigenvalue weighted by atomic mass is 9.93. The molecule has 4 rings (SSSR count). The van der Waals surface area contributed by atoms with Gasteiger partial charge in [0.1, 0.15) is 6.04 Å². The molecule has 0 unspecified atom stereocenters. The van der Waals surface area contributed by atoms with Crippen LogP contribution in [0.5, 0.6) is 0 Å². The zero-order valence-electron chi connectivity index (χ0n) is 12.8.